The normalized spacial score (nSPS) is 15.4. The molecule has 0 atom stereocenters. The van der Waals surface area contributed by atoms with Crippen LogP contribution in [0.4, 0.5) is 14.5 Å². The highest BCUT2D eigenvalue weighted by Gasteiger charge is 2.24. The zero-order valence-corrected chi connectivity index (χ0v) is 13.7. The topological polar surface area (TPSA) is 55.4 Å². The van der Waals surface area contributed by atoms with Gasteiger partial charge in [0.25, 0.3) is 10.0 Å². The molecular weight excluding hydrogens is 336 g/mol. The molecule has 0 spiro atoms. The van der Waals surface area contributed by atoms with Crippen LogP contribution in [0.5, 0.6) is 5.75 Å². The lowest BCUT2D eigenvalue weighted by Gasteiger charge is -2.15. The van der Waals surface area contributed by atoms with Crippen LogP contribution in [0.3, 0.4) is 0 Å². The van der Waals surface area contributed by atoms with Crippen molar-refractivity contribution in [3.05, 3.63) is 54.1 Å². The van der Waals surface area contributed by atoms with Crippen molar-refractivity contribution in [2.75, 3.05) is 4.72 Å². The second-order valence-corrected chi connectivity index (χ2v) is 7.33. The zero-order valence-electron chi connectivity index (χ0n) is 12.8. The minimum Gasteiger partial charge on any atom is -0.490 e. The van der Waals surface area contributed by atoms with Gasteiger partial charge in [0.1, 0.15) is 17.4 Å². The van der Waals surface area contributed by atoms with Gasteiger partial charge in [-0.15, -0.1) is 0 Å². The van der Waals surface area contributed by atoms with Crippen LogP contribution >= 0.6 is 0 Å². The molecule has 128 valence electrons. The molecular formula is C17H17F2NO3S. The lowest BCUT2D eigenvalue weighted by atomic mass is 10.3. The van der Waals surface area contributed by atoms with Crippen LogP contribution in [0.25, 0.3) is 0 Å². The fourth-order valence-corrected chi connectivity index (χ4v) is 3.97. The van der Waals surface area contributed by atoms with Crippen LogP contribution in [0, 0.1) is 11.6 Å². The van der Waals surface area contributed by atoms with E-state index in [1.807, 2.05) is 0 Å². The largest absolute Gasteiger partial charge is 0.490 e. The molecule has 4 nitrogen and oxygen atoms in total. The number of nitrogens with one attached hydrogen (secondary N) is 1. The van der Waals surface area contributed by atoms with Gasteiger partial charge < -0.3 is 4.74 Å². The van der Waals surface area contributed by atoms with Crippen molar-refractivity contribution in [1.29, 1.82) is 0 Å². The quantitative estimate of drug-likeness (QED) is 0.881. The van der Waals surface area contributed by atoms with Crippen molar-refractivity contribution in [2.45, 2.75) is 36.7 Å². The molecule has 7 heteroatoms. The Morgan fingerprint density at radius 2 is 1.62 bits per heavy atom. The zero-order chi connectivity index (χ0) is 17.2. The Morgan fingerprint density at radius 3 is 2.29 bits per heavy atom. The molecule has 0 heterocycles. The summed E-state index contributed by atoms with van der Waals surface area (Å²) in [5.74, 6) is -1.75. The minimum absolute atomic E-state index is 0.126. The molecule has 0 aliphatic heterocycles. The van der Waals surface area contributed by atoms with Gasteiger partial charge >= 0.3 is 0 Å². The summed E-state index contributed by atoms with van der Waals surface area (Å²) in [7, 11) is -4.37. The van der Waals surface area contributed by atoms with E-state index in [1.165, 1.54) is 12.1 Å². The summed E-state index contributed by atoms with van der Waals surface area (Å²) in [6, 6.07) is 9.26. The fraction of sp³-hybridized carbons (Fsp3) is 0.294. The molecule has 24 heavy (non-hydrogen) atoms. The first-order chi connectivity index (χ1) is 11.5. The van der Waals surface area contributed by atoms with Gasteiger partial charge in [0.05, 0.1) is 11.8 Å². The van der Waals surface area contributed by atoms with Crippen LogP contribution in [-0.4, -0.2) is 14.5 Å². The van der Waals surface area contributed by atoms with Gasteiger partial charge in [-0.25, -0.2) is 17.2 Å². The Kier molecular flexibility index (Phi) is 4.71. The first-order valence-electron chi connectivity index (χ1n) is 7.69. The Bertz CT molecular complexity index is 813. The van der Waals surface area contributed by atoms with Gasteiger partial charge in [0.15, 0.2) is 4.90 Å². The van der Waals surface area contributed by atoms with Crippen molar-refractivity contribution in [2.24, 2.45) is 0 Å². The monoisotopic (exact) mass is 353 g/mol. The number of halogens is 2. The SMILES string of the molecule is O=S(=O)(Nc1cccc(OC2CCCC2)c1)c1c(F)cccc1F. The van der Waals surface area contributed by atoms with Crippen molar-refractivity contribution in [3.8, 4) is 5.75 Å². The number of hydrogen-bond donors (Lipinski definition) is 1. The Balaban J connectivity index is 1.82. The number of anilines is 1. The van der Waals surface area contributed by atoms with E-state index in [-0.39, 0.29) is 11.8 Å². The summed E-state index contributed by atoms with van der Waals surface area (Å²) in [6.45, 7) is 0. The highest BCUT2D eigenvalue weighted by Crippen LogP contribution is 2.27. The molecule has 0 radical (unpaired) electrons. The number of rotatable bonds is 5. The second kappa shape index (κ2) is 6.76. The molecule has 1 aliphatic rings. The van der Waals surface area contributed by atoms with Crippen LogP contribution in [0.2, 0.25) is 0 Å². The van der Waals surface area contributed by atoms with E-state index in [0.29, 0.717) is 5.75 Å². The van der Waals surface area contributed by atoms with Crippen molar-refractivity contribution in [1.82, 2.24) is 0 Å². The van der Waals surface area contributed by atoms with Gasteiger partial charge in [0, 0.05) is 6.07 Å². The maximum Gasteiger partial charge on any atom is 0.267 e. The predicted molar refractivity (Wildman–Crippen MR) is 86.5 cm³/mol. The molecule has 0 aromatic heterocycles. The summed E-state index contributed by atoms with van der Waals surface area (Å²) >= 11 is 0. The molecule has 0 saturated heterocycles. The number of hydrogen-bond acceptors (Lipinski definition) is 3. The summed E-state index contributed by atoms with van der Waals surface area (Å²) in [6.07, 6.45) is 4.29. The lowest BCUT2D eigenvalue weighted by Crippen LogP contribution is -2.16. The Hall–Kier alpha value is -2.15. The van der Waals surface area contributed by atoms with Crippen molar-refractivity contribution < 1.29 is 21.9 Å². The highest BCUT2D eigenvalue weighted by molar-refractivity contribution is 7.92. The Labute approximate surface area is 139 Å². The number of benzene rings is 2. The first kappa shape index (κ1) is 16.7. The second-order valence-electron chi connectivity index (χ2n) is 5.71. The van der Waals surface area contributed by atoms with Gasteiger partial charge in [0.2, 0.25) is 0 Å². The molecule has 1 fully saturated rings. The first-order valence-corrected chi connectivity index (χ1v) is 9.17. The number of ether oxygens (including phenoxy) is 1. The summed E-state index contributed by atoms with van der Waals surface area (Å²) in [5.41, 5.74) is 0.188. The third-order valence-electron chi connectivity index (χ3n) is 3.88. The minimum atomic E-state index is -4.37. The average Bonchev–Trinajstić information content (AvgIpc) is 2.99. The van der Waals surface area contributed by atoms with Crippen LogP contribution < -0.4 is 9.46 Å². The molecule has 2 aromatic rings. The van der Waals surface area contributed by atoms with E-state index >= 15 is 0 Å². The summed E-state index contributed by atoms with van der Waals surface area (Å²) in [4.78, 5) is -0.993. The van der Waals surface area contributed by atoms with E-state index < -0.39 is 26.6 Å². The van der Waals surface area contributed by atoms with E-state index in [9.17, 15) is 17.2 Å². The summed E-state index contributed by atoms with van der Waals surface area (Å²) in [5, 5.41) is 0. The van der Waals surface area contributed by atoms with Crippen LogP contribution in [-0.2, 0) is 10.0 Å². The van der Waals surface area contributed by atoms with E-state index in [4.69, 9.17) is 4.74 Å². The molecule has 0 amide bonds. The third kappa shape index (κ3) is 3.67. The third-order valence-corrected chi connectivity index (χ3v) is 5.31. The van der Waals surface area contributed by atoms with E-state index in [0.717, 1.165) is 43.9 Å². The van der Waals surface area contributed by atoms with Gasteiger partial charge in [-0.2, -0.15) is 0 Å². The number of sulfonamides is 1. The maximum absolute atomic E-state index is 13.7. The van der Waals surface area contributed by atoms with Crippen LogP contribution in [0.1, 0.15) is 25.7 Å². The molecule has 1 N–H and O–H groups in total. The molecule has 0 unspecified atom stereocenters. The molecule has 3 rings (SSSR count). The lowest BCUT2D eigenvalue weighted by molar-refractivity contribution is 0.210. The van der Waals surface area contributed by atoms with Gasteiger partial charge in [-0.1, -0.05) is 12.1 Å². The standard InChI is InChI=1S/C17H17F2NO3S/c18-15-9-4-10-16(19)17(15)24(21,22)20-12-5-3-8-14(11-12)23-13-6-1-2-7-13/h3-5,8-11,13,20H,1-2,6-7H2. The van der Waals surface area contributed by atoms with Crippen molar-refractivity contribution in [3.63, 3.8) is 0 Å². The predicted octanol–water partition coefficient (Wildman–Crippen LogP) is 4.09. The van der Waals surface area contributed by atoms with E-state index in [1.54, 1.807) is 12.1 Å². The van der Waals surface area contributed by atoms with E-state index in [2.05, 4.69) is 4.72 Å². The highest BCUT2D eigenvalue weighted by atomic mass is 32.2. The van der Waals surface area contributed by atoms with Gasteiger partial charge in [-0.3, -0.25) is 4.72 Å². The molecule has 2 aromatic carbocycles. The van der Waals surface area contributed by atoms with Crippen molar-refractivity contribution >= 4 is 15.7 Å². The molecule has 0 bridgehead atoms. The Morgan fingerprint density at radius 1 is 1.00 bits per heavy atom. The summed E-state index contributed by atoms with van der Waals surface area (Å²) < 4.78 is 60.0. The fourth-order valence-electron chi connectivity index (χ4n) is 2.78. The van der Waals surface area contributed by atoms with Gasteiger partial charge in [-0.05, 0) is 49.9 Å². The average molecular weight is 353 g/mol. The maximum atomic E-state index is 13.7. The molecule has 1 saturated carbocycles. The molecule has 1 aliphatic carbocycles. The van der Waals surface area contributed by atoms with Crippen LogP contribution in [0.15, 0.2) is 47.4 Å². The smallest absolute Gasteiger partial charge is 0.267 e.